The van der Waals surface area contributed by atoms with Crippen molar-refractivity contribution in [2.24, 2.45) is 0 Å². The van der Waals surface area contributed by atoms with E-state index in [1.165, 1.54) is 83.5 Å². The number of ether oxygens (including phenoxy) is 5. The maximum absolute atomic E-state index is 13.2. The molecule has 12 heteroatoms. The number of unbranched alkanes of at least 4 members (excludes halogenated alkanes) is 25. The fourth-order valence-electron chi connectivity index (χ4n) is 9.70. The zero-order valence-electron chi connectivity index (χ0n) is 53.6. The predicted octanol–water partition coefficient (Wildman–Crippen LogP) is 18.6. The van der Waals surface area contributed by atoms with E-state index in [4.69, 9.17) is 23.7 Å². The lowest BCUT2D eigenvalue weighted by Gasteiger charge is -2.40. The minimum atomic E-state index is -1.92. The van der Waals surface area contributed by atoms with Gasteiger partial charge in [-0.3, -0.25) is 14.4 Å². The summed E-state index contributed by atoms with van der Waals surface area (Å²) in [6, 6.07) is 0. The van der Waals surface area contributed by atoms with Crippen LogP contribution in [0.15, 0.2) is 109 Å². The second kappa shape index (κ2) is 59.7. The van der Waals surface area contributed by atoms with Gasteiger partial charge in [0.15, 0.2) is 24.6 Å². The standard InChI is InChI=1S/C73H120O12/c1-4-7-10-13-16-19-22-25-28-31-33-36-38-41-44-47-50-53-56-59-65(74)81-62-64(83-66(75)60-57-54-51-48-45-42-39-35-30-27-24-21-18-15-12-9-6-3)63-82-73-71(69(78)68(77)70(85-73)72(79)80)84-67(76)61-58-55-52-49-46-43-40-37-34-32-29-26-23-20-17-14-11-8-5-2/h8-9,11-12,17-18,20-21,25-30,34,37,39,42,64,68-71,73,77-78H,4-7,10,13-16,19,22-24,31-33,35-36,38,40-41,43-63H2,1-3H3,(H,79,80)/b11-8-,12-9-,20-17-,21-18-,28-25-,29-26-,30-27-,37-34-,42-39-. The van der Waals surface area contributed by atoms with Gasteiger partial charge in [0.25, 0.3) is 0 Å². The second-order valence-electron chi connectivity index (χ2n) is 22.7. The Morgan fingerprint density at radius 2 is 0.741 bits per heavy atom. The molecule has 1 fully saturated rings. The quantitative estimate of drug-likeness (QED) is 0.0228. The highest BCUT2D eigenvalue weighted by molar-refractivity contribution is 5.74. The Bertz CT molecular complexity index is 1890. The molecular weight excluding hydrogens is 1070 g/mol. The summed E-state index contributed by atoms with van der Waals surface area (Å²) in [4.78, 5) is 51.4. The third-order valence-corrected chi connectivity index (χ3v) is 14.8. The molecule has 0 aromatic rings. The van der Waals surface area contributed by atoms with Gasteiger partial charge in [0.1, 0.15) is 18.8 Å². The lowest BCUT2D eigenvalue weighted by molar-refractivity contribution is -0.301. The molecule has 1 rings (SSSR count). The van der Waals surface area contributed by atoms with Crippen molar-refractivity contribution < 1.29 is 58.2 Å². The smallest absolute Gasteiger partial charge is 0.335 e. The summed E-state index contributed by atoms with van der Waals surface area (Å²) >= 11 is 0. The summed E-state index contributed by atoms with van der Waals surface area (Å²) < 4.78 is 28.6. The van der Waals surface area contributed by atoms with Gasteiger partial charge >= 0.3 is 23.9 Å². The molecule has 1 saturated heterocycles. The number of aliphatic hydroxyl groups is 2. The lowest BCUT2D eigenvalue weighted by Crippen LogP contribution is -2.61. The number of hydrogen-bond acceptors (Lipinski definition) is 11. The Kier molecular flexibility index (Phi) is 55.1. The average Bonchev–Trinajstić information content (AvgIpc) is 2.79. The normalized spacial score (nSPS) is 18.2. The first kappa shape index (κ1) is 78.4. The number of carboxylic acids is 1. The molecule has 484 valence electrons. The van der Waals surface area contributed by atoms with Crippen molar-refractivity contribution in [1.29, 1.82) is 0 Å². The van der Waals surface area contributed by atoms with Crippen LogP contribution >= 0.6 is 0 Å². The van der Waals surface area contributed by atoms with Crippen molar-refractivity contribution in [2.45, 2.75) is 314 Å². The molecule has 1 aliphatic rings. The van der Waals surface area contributed by atoms with Crippen LogP contribution in [0, 0.1) is 0 Å². The predicted molar refractivity (Wildman–Crippen MR) is 349 cm³/mol. The van der Waals surface area contributed by atoms with E-state index in [-0.39, 0.29) is 25.9 Å². The van der Waals surface area contributed by atoms with Gasteiger partial charge in [-0.05, 0) is 122 Å². The van der Waals surface area contributed by atoms with Crippen LogP contribution in [-0.2, 0) is 42.9 Å². The molecule has 0 aromatic carbocycles. The fourth-order valence-corrected chi connectivity index (χ4v) is 9.70. The molecule has 6 atom stereocenters. The summed E-state index contributed by atoms with van der Waals surface area (Å²) in [6.07, 6.45) is 68.9. The monoisotopic (exact) mass is 1190 g/mol. The van der Waals surface area contributed by atoms with Gasteiger partial charge in [-0.2, -0.15) is 0 Å². The van der Waals surface area contributed by atoms with Gasteiger partial charge in [-0.15, -0.1) is 0 Å². The molecule has 1 aliphatic heterocycles. The maximum atomic E-state index is 13.2. The van der Waals surface area contributed by atoms with Crippen LogP contribution in [0.5, 0.6) is 0 Å². The summed E-state index contributed by atoms with van der Waals surface area (Å²) in [7, 11) is 0. The lowest BCUT2D eigenvalue weighted by atomic mass is 9.98. The highest BCUT2D eigenvalue weighted by Gasteiger charge is 2.50. The third kappa shape index (κ3) is 49.1. The van der Waals surface area contributed by atoms with E-state index in [0.717, 1.165) is 135 Å². The van der Waals surface area contributed by atoms with Crippen LogP contribution in [0.4, 0.5) is 0 Å². The Labute approximate surface area is 516 Å². The van der Waals surface area contributed by atoms with Crippen molar-refractivity contribution in [3.05, 3.63) is 109 Å². The van der Waals surface area contributed by atoms with Crippen molar-refractivity contribution in [2.75, 3.05) is 13.2 Å². The van der Waals surface area contributed by atoms with Crippen LogP contribution in [0.25, 0.3) is 0 Å². The highest BCUT2D eigenvalue weighted by atomic mass is 16.7. The number of allylic oxidation sites excluding steroid dienone is 18. The van der Waals surface area contributed by atoms with Crippen molar-refractivity contribution in [3.63, 3.8) is 0 Å². The SMILES string of the molecule is CC/C=C\C/C=C\C/C=C\C/C=C\CCCCCCCCC(=O)OC1C(OCC(COC(=O)CCCCCCCCCCC/C=C\CCCCCCCC)OC(=O)CCCCCC/C=C\C/C=C\C/C=C\C/C=C\CC)OC(C(=O)O)C(O)C1O. The summed E-state index contributed by atoms with van der Waals surface area (Å²) in [5.74, 6) is -3.17. The molecule has 12 nitrogen and oxygen atoms in total. The van der Waals surface area contributed by atoms with Crippen LogP contribution in [0.2, 0.25) is 0 Å². The molecule has 0 spiro atoms. The zero-order chi connectivity index (χ0) is 61.7. The van der Waals surface area contributed by atoms with E-state index in [9.17, 15) is 34.5 Å². The van der Waals surface area contributed by atoms with Gasteiger partial charge in [0.2, 0.25) is 0 Å². The Morgan fingerprint density at radius 1 is 0.400 bits per heavy atom. The average molecular weight is 1190 g/mol. The van der Waals surface area contributed by atoms with Crippen molar-refractivity contribution >= 4 is 23.9 Å². The van der Waals surface area contributed by atoms with Crippen LogP contribution in [-0.4, -0.2) is 89.2 Å². The minimum Gasteiger partial charge on any atom is -0.479 e. The van der Waals surface area contributed by atoms with Crippen molar-refractivity contribution in [1.82, 2.24) is 0 Å². The molecule has 3 N–H and O–H groups in total. The Hall–Kier alpha value is -4.62. The minimum absolute atomic E-state index is 0.0364. The largest absolute Gasteiger partial charge is 0.479 e. The van der Waals surface area contributed by atoms with Gasteiger partial charge in [0.05, 0.1) is 6.61 Å². The maximum Gasteiger partial charge on any atom is 0.335 e. The molecule has 0 aliphatic carbocycles. The number of carbonyl (C=O) groups is 4. The Morgan fingerprint density at radius 3 is 1.14 bits per heavy atom. The second-order valence-corrected chi connectivity index (χ2v) is 22.7. The number of carbonyl (C=O) groups excluding carboxylic acids is 3. The van der Waals surface area contributed by atoms with E-state index in [0.29, 0.717) is 19.3 Å². The van der Waals surface area contributed by atoms with Gasteiger partial charge in [-0.1, -0.05) is 246 Å². The number of carboxylic acid groups (broad SMARTS) is 1. The molecule has 6 unspecified atom stereocenters. The topological polar surface area (TPSA) is 175 Å². The van der Waals surface area contributed by atoms with Gasteiger partial charge in [-0.25, -0.2) is 4.79 Å². The molecule has 0 bridgehead atoms. The summed E-state index contributed by atoms with van der Waals surface area (Å²) in [5, 5.41) is 31.6. The molecule has 85 heavy (non-hydrogen) atoms. The van der Waals surface area contributed by atoms with E-state index in [1.807, 2.05) is 0 Å². The molecule has 0 aromatic heterocycles. The van der Waals surface area contributed by atoms with E-state index >= 15 is 0 Å². The first-order valence-electron chi connectivity index (χ1n) is 33.9. The zero-order valence-corrected chi connectivity index (χ0v) is 53.6. The first-order chi connectivity index (χ1) is 41.6. The molecule has 0 amide bonds. The summed E-state index contributed by atoms with van der Waals surface area (Å²) in [6.45, 7) is 5.77. The van der Waals surface area contributed by atoms with Gasteiger partial charge < -0.3 is 39.0 Å². The number of hydrogen-bond donors (Lipinski definition) is 3. The fraction of sp³-hybridized carbons (Fsp3) is 0.699. The van der Waals surface area contributed by atoms with E-state index in [1.54, 1.807) is 0 Å². The van der Waals surface area contributed by atoms with Gasteiger partial charge in [0, 0.05) is 19.3 Å². The van der Waals surface area contributed by atoms with Crippen molar-refractivity contribution in [3.8, 4) is 0 Å². The molecule has 0 saturated carbocycles. The van der Waals surface area contributed by atoms with E-state index < -0.39 is 67.3 Å². The molecular formula is C73H120O12. The number of aliphatic hydroxyl groups excluding tert-OH is 2. The molecule has 0 radical (unpaired) electrons. The van der Waals surface area contributed by atoms with Crippen LogP contribution in [0.1, 0.15) is 278 Å². The number of esters is 3. The summed E-state index contributed by atoms with van der Waals surface area (Å²) in [5.41, 5.74) is 0. The van der Waals surface area contributed by atoms with Crippen LogP contribution in [0.3, 0.4) is 0 Å². The van der Waals surface area contributed by atoms with E-state index in [2.05, 4.69) is 130 Å². The van der Waals surface area contributed by atoms with Crippen LogP contribution < -0.4 is 0 Å². The first-order valence-corrected chi connectivity index (χ1v) is 33.9. The Balaban J connectivity index is 2.67. The molecule has 1 heterocycles. The number of rotatable bonds is 57. The third-order valence-electron chi connectivity index (χ3n) is 14.8. The highest BCUT2D eigenvalue weighted by Crippen LogP contribution is 2.27. The number of aliphatic carboxylic acids is 1.